The maximum absolute atomic E-state index is 6.24. The number of nitrogens with zero attached hydrogens (tertiary/aromatic N) is 2. The Morgan fingerprint density at radius 2 is 2.17 bits per heavy atom. The molecule has 3 aromatic rings. The highest BCUT2D eigenvalue weighted by molar-refractivity contribution is 6.29. The zero-order valence-corrected chi connectivity index (χ0v) is 14.0. The number of ether oxygens (including phenoxy) is 1. The second kappa shape index (κ2) is 6.79. The third-order valence-electron chi connectivity index (χ3n) is 4.47. The number of halogens is 1. The standard InChI is InChI=1S/C18H19ClN4O/c19-16-8-13(15-11-22-18-14(15)2-1-5-20-18)9-17(23-16)21-10-12-3-6-24-7-4-12/h1-2,5,8-9,11-12H,3-4,6-7,10H2,(H,20,22)(H,21,23). The van der Waals surface area contributed by atoms with E-state index in [2.05, 4.69) is 26.3 Å². The third kappa shape index (κ3) is 3.23. The van der Waals surface area contributed by atoms with Gasteiger partial charge in [-0.3, -0.25) is 0 Å². The maximum Gasteiger partial charge on any atom is 0.137 e. The van der Waals surface area contributed by atoms with Crippen molar-refractivity contribution in [1.82, 2.24) is 15.0 Å². The minimum absolute atomic E-state index is 0.486. The van der Waals surface area contributed by atoms with Gasteiger partial charge < -0.3 is 15.0 Å². The van der Waals surface area contributed by atoms with Gasteiger partial charge in [0, 0.05) is 43.1 Å². The Kier molecular flexibility index (Phi) is 4.36. The second-order valence-electron chi connectivity index (χ2n) is 6.10. The predicted molar refractivity (Wildman–Crippen MR) is 96.4 cm³/mol. The van der Waals surface area contributed by atoms with Gasteiger partial charge in [-0.15, -0.1) is 0 Å². The smallest absolute Gasteiger partial charge is 0.137 e. The fraction of sp³-hybridized carbons (Fsp3) is 0.333. The van der Waals surface area contributed by atoms with Crippen LogP contribution < -0.4 is 5.32 Å². The van der Waals surface area contributed by atoms with E-state index in [-0.39, 0.29) is 0 Å². The molecule has 1 saturated heterocycles. The fourth-order valence-electron chi connectivity index (χ4n) is 3.14. The summed E-state index contributed by atoms with van der Waals surface area (Å²) in [5.41, 5.74) is 2.98. The number of aromatic amines is 1. The Labute approximate surface area is 145 Å². The summed E-state index contributed by atoms with van der Waals surface area (Å²) in [7, 11) is 0. The molecule has 2 N–H and O–H groups in total. The number of anilines is 1. The molecule has 0 spiro atoms. The molecular formula is C18H19ClN4O. The van der Waals surface area contributed by atoms with Gasteiger partial charge in [0.2, 0.25) is 0 Å². The molecule has 0 aromatic carbocycles. The summed E-state index contributed by atoms with van der Waals surface area (Å²) in [6.45, 7) is 2.59. The summed E-state index contributed by atoms with van der Waals surface area (Å²) in [4.78, 5) is 11.9. The van der Waals surface area contributed by atoms with Crippen molar-refractivity contribution < 1.29 is 4.74 Å². The molecule has 4 heterocycles. The normalized spacial score (nSPS) is 15.7. The Morgan fingerprint density at radius 3 is 3.04 bits per heavy atom. The summed E-state index contributed by atoms with van der Waals surface area (Å²) < 4.78 is 5.41. The van der Waals surface area contributed by atoms with Crippen LogP contribution in [0.3, 0.4) is 0 Å². The molecule has 3 aromatic heterocycles. The Hall–Kier alpha value is -2.11. The summed E-state index contributed by atoms with van der Waals surface area (Å²) >= 11 is 6.24. The Morgan fingerprint density at radius 1 is 1.29 bits per heavy atom. The SMILES string of the molecule is Clc1cc(-c2c[nH]c3ncccc23)cc(NCC2CCOCC2)n1. The van der Waals surface area contributed by atoms with Crippen LogP contribution in [0, 0.1) is 5.92 Å². The maximum atomic E-state index is 6.24. The number of pyridine rings is 2. The average molecular weight is 343 g/mol. The van der Waals surface area contributed by atoms with Crippen molar-refractivity contribution >= 4 is 28.5 Å². The van der Waals surface area contributed by atoms with Crippen LogP contribution in [0.15, 0.2) is 36.7 Å². The summed E-state index contributed by atoms with van der Waals surface area (Å²) in [6, 6.07) is 7.92. The largest absolute Gasteiger partial charge is 0.381 e. The van der Waals surface area contributed by atoms with Crippen molar-refractivity contribution in [2.24, 2.45) is 5.92 Å². The second-order valence-corrected chi connectivity index (χ2v) is 6.49. The molecule has 1 fully saturated rings. The molecule has 0 aliphatic carbocycles. The lowest BCUT2D eigenvalue weighted by atomic mass is 10.0. The first-order chi connectivity index (χ1) is 11.8. The lowest BCUT2D eigenvalue weighted by Gasteiger charge is -2.22. The van der Waals surface area contributed by atoms with Gasteiger partial charge in [-0.2, -0.15) is 0 Å². The first kappa shape index (κ1) is 15.4. The molecule has 0 atom stereocenters. The van der Waals surface area contributed by atoms with E-state index in [1.165, 1.54) is 0 Å². The Balaban J connectivity index is 1.59. The van der Waals surface area contributed by atoms with Crippen LogP contribution in [0.4, 0.5) is 5.82 Å². The van der Waals surface area contributed by atoms with Crippen LogP contribution >= 0.6 is 11.6 Å². The molecule has 4 rings (SSSR count). The van der Waals surface area contributed by atoms with Gasteiger partial charge in [-0.1, -0.05) is 11.6 Å². The van der Waals surface area contributed by atoms with E-state index in [9.17, 15) is 0 Å². The number of rotatable bonds is 4. The molecule has 24 heavy (non-hydrogen) atoms. The number of hydrogen-bond donors (Lipinski definition) is 2. The van der Waals surface area contributed by atoms with E-state index < -0.39 is 0 Å². The van der Waals surface area contributed by atoms with E-state index in [0.717, 1.165) is 60.6 Å². The number of hydrogen-bond acceptors (Lipinski definition) is 4. The zero-order valence-electron chi connectivity index (χ0n) is 13.3. The van der Waals surface area contributed by atoms with Gasteiger partial charge in [0.05, 0.1) is 0 Å². The van der Waals surface area contributed by atoms with Crippen molar-refractivity contribution in [3.8, 4) is 11.1 Å². The monoisotopic (exact) mass is 342 g/mol. The molecule has 5 nitrogen and oxygen atoms in total. The molecule has 0 bridgehead atoms. The molecule has 124 valence electrons. The highest BCUT2D eigenvalue weighted by Crippen LogP contribution is 2.30. The van der Waals surface area contributed by atoms with Crippen LogP contribution in [0.5, 0.6) is 0 Å². The highest BCUT2D eigenvalue weighted by atomic mass is 35.5. The van der Waals surface area contributed by atoms with Crippen molar-refractivity contribution in [2.75, 3.05) is 25.1 Å². The quantitative estimate of drug-likeness (QED) is 0.700. The summed E-state index contributed by atoms with van der Waals surface area (Å²) in [5.74, 6) is 1.43. The fourth-order valence-corrected chi connectivity index (χ4v) is 3.35. The predicted octanol–water partition coefficient (Wildman–Crippen LogP) is 4.12. The van der Waals surface area contributed by atoms with Gasteiger partial charge in [-0.25, -0.2) is 9.97 Å². The Bertz CT molecular complexity index is 842. The van der Waals surface area contributed by atoms with Crippen molar-refractivity contribution in [2.45, 2.75) is 12.8 Å². The summed E-state index contributed by atoms with van der Waals surface area (Å²) in [6.07, 6.45) is 5.93. The van der Waals surface area contributed by atoms with Gasteiger partial charge in [0.25, 0.3) is 0 Å². The number of H-pyrrole nitrogens is 1. The number of fused-ring (bicyclic) bond motifs is 1. The van der Waals surface area contributed by atoms with E-state index in [0.29, 0.717) is 11.1 Å². The first-order valence-corrected chi connectivity index (χ1v) is 8.59. The van der Waals surface area contributed by atoms with Crippen LogP contribution in [-0.2, 0) is 4.74 Å². The zero-order chi connectivity index (χ0) is 16.4. The summed E-state index contributed by atoms with van der Waals surface area (Å²) in [5, 5.41) is 4.99. The van der Waals surface area contributed by atoms with Crippen LogP contribution in [0.1, 0.15) is 12.8 Å². The lowest BCUT2D eigenvalue weighted by molar-refractivity contribution is 0.0699. The van der Waals surface area contributed by atoms with Gasteiger partial charge in [0.1, 0.15) is 16.6 Å². The minimum atomic E-state index is 0.486. The van der Waals surface area contributed by atoms with E-state index in [1.54, 1.807) is 6.20 Å². The van der Waals surface area contributed by atoms with Crippen molar-refractivity contribution in [1.29, 1.82) is 0 Å². The molecule has 1 aliphatic rings. The number of aromatic nitrogens is 3. The van der Waals surface area contributed by atoms with Gasteiger partial charge in [0.15, 0.2) is 0 Å². The molecule has 0 radical (unpaired) electrons. The van der Waals surface area contributed by atoms with E-state index >= 15 is 0 Å². The van der Waals surface area contributed by atoms with E-state index in [1.807, 2.05) is 24.4 Å². The molecule has 6 heteroatoms. The molecular weight excluding hydrogens is 324 g/mol. The first-order valence-electron chi connectivity index (χ1n) is 8.21. The lowest BCUT2D eigenvalue weighted by Crippen LogP contribution is -2.22. The molecule has 0 saturated carbocycles. The minimum Gasteiger partial charge on any atom is -0.381 e. The van der Waals surface area contributed by atoms with Crippen molar-refractivity contribution in [3.63, 3.8) is 0 Å². The third-order valence-corrected chi connectivity index (χ3v) is 4.66. The molecule has 1 aliphatic heterocycles. The topological polar surface area (TPSA) is 62.8 Å². The van der Waals surface area contributed by atoms with Crippen LogP contribution in [0.2, 0.25) is 5.15 Å². The van der Waals surface area contributed by atoms with Crippen LogP contribution in [-0.4, -0.2) is 34.7 Å². The number of nitrogens with one attached hydrogen (secondary N) is 2. The van der Waals surface area contributed by atoms with Gasteiger partial charge in [-0.05, 0) is 48.6 Å². The van der Waals surface area contributed by atoms with E-state index in [4.69, 9.17) is 16.3 Å². The average Bonchev–Trinajstić information content (AvgIpc) is 3.05. The molecule has 0 amide bonds. The van der Waals surface area contributed by atoms with Gasteiger partial charge >= 0.3 is 0 Å². The van der Waals surface area contributed by atoms with Crippen LogP contribution in [0.25, 0.3) is 22.2 Å². The highest BCUT2D eigenvalue weighted by Gasteiger charge is 2.14. The van der Waals surface area contributed by atoms with Crippen molar-refractivity contribution in [3.05, 3.63) is 41.8 Å². The molecule has 0 unspecified atom stereocenters.